The molecule has 2 bridgehead atoms. The molecule has 1 aromatic rings. The van der Waals surface area contributed by atoms with Crippen molar-refractivity contribution in [2.24, 2.45) is 0 Å². The number of morpholine rings is 1. The van der Waals surface area contributed by atoms with Crippen LogP contribution in [-0.2, 0) is 11.3 Å². The highest BCUT2D eigenvalue weighted by Gasteiger charge is 2.37. The van der Waals surface area contributed by atoms with E-state index in [1.54, 1.807) is 12.1 Å². The summed E-state index contributed by atoms with van der Waals surface area (Å²) in [4.78, 5) is 2.43. The van der Waals surface area contributed by atoms with Crippen molar-refractivity contribution in [3.05, 3.63) is 29.8 Å². The van der Waals surface area contributed by atoms with Gasteiger partial charge in [-0.2, -0.15) is 0 Å². The van der Waals surface area contributed by atoms with Crippen molar-refractivity contribution in [1.29, 1.82) is 0 Å². The molecular weight excluding hydrogens is 190 g/mol. The topological polar surface area (TPSA) is 32.7 Å². The Labute approximate surface area is 89.3 Å². The summed E-state index contributed by atoms with van der Waals surface area (Å²) in [6.07, 6.45) is 2.19. The van der Waals surface area contributed by atoms with Crippen LogP contribution in [0, 0.1) is 0 Å². The number of fused-ring (bicyclic) bond motifs is 2. The van der Waals surface area contributed by atoms with E-state index in [0.717, 1.165) is 19.6 Å². The molecule has 3 heterocycles. The lowest BCUT2D eigenvalue weighted by Gasteiger charge is -2.47. The molecule has 1 N–H and O–H groups in total. The van der Waals surface area contributed by atoms with E-state index in [1.165, 1.54) is 12.0 Å². The van der Waals surface area contributed by atoms with Crippen molar-refractivity contribution >= 4 is 0 Å². The van der Waals surface area contributed by atoms with Gasteiger partial charge in [0.15, 0.2) is 0 Å². The molecule has 0 radical (unpaired) electrons. The summed E-state index contributed by atoms with van der Waals surface area (Å²) in [6.45, 7) is 3.07. The number of hydrogen-bond donors (Lipinski definition) is 1. The maximum atomic E-state index is 9.18. The number of hydrogen-bond acceptors (Lipinski definition) is 3. The van der Waals surface area contributed by atoms with Crippen LogP contribution < -0.4 is 0 Å². The minimum atomic E-state index is 0.337. The second-order valence-electron chi connectivity index (χ2n) is 4.48. The zero-order valence-corrected chi connectivity index (χ0v) is 8.60. The Morgan fingerprint density at radius 3 is 2.40 bits per heavy atom. The average Bonchev–Trinajstić information content (AvgIpc) is 2.21. The lowest BCUT2D eigenvalue weighted by Crippen LogP contribution is -2.56. The number of phenols is 1. The summed E-state index contributed by atoms with van der Waals surface area (Å²) in [5.74, 6) is 0.337. The van der Waals surface area contributed by atoms with E-state index in [0.29, 0.717) is 18.0 Å². The second kappa shape index (κ2) is 3.51. The summed E-state index contributed by atoms with van der Waals surface area (Å²) >= 11 is 0. The smallest absolute Gasteiger partial charge is 0.115 e. The molecule has 0 aromatic heterocycles. The van der Waals surface area contributed by atoms with Crippen LogP contribution in [0.4, 0.5) is 0 Å². The van der Waals surface area contributed by atoms with Gasteiger partial charge in [0.2, 0.25) is 0 Å². The Hall–Kier alpha value is -1.06. The number of benzene rings is 1. The molecule has 2 unspecified atom stereocenters. The normalized spacial score (nSPS) is 29.9. The van der Waals surface area contributed by atoms with Gasteiger partial charge in [0.25, 0.3) is 0 Å². The maximum absolute atomic E-state index is 9.18. The Bertz CT molecular complexity index is 333. The van der Waals surface area contributed by atoms with Crippen molar-refractivity contribution in [2.45, 2.75) is 25.2 Å². The molecule has 15 heavy (non-hydrogen) atoms. The zero-order chi connectivity index (χ0) is 10.3. The van der Waals surface area contributed by atoms with Gasteiger partial charge in [-0.25, -0.2) is 0 Å². The molecule has 3 aliphatic rings. The third kappa shape index (κ3) is 1.85. The fraction of sp³-hybridized carbons (Fsp3) is 0.500. The molecule has 2 atom stereocenters. The number of rotatable bonds is 2. The lowest BCUT2D eigenvalue weighted by atomic mass is 9.98. The minimum Gasteiger partial charge on any atom is -0.508 e. The predicted molar refractivity (Wildman–Crippen MR) is 56.7 cm³/mol. The summed E-state index contributed by atoms with van der Waals surface area (Å²) in [7, 11) is 0. The van der Waals surface area contributed by atoms with Crippen LogP contribution in [0.1, 0.15) is 12.0 Å². The quantitative estimate of drug-likeness (QED) is 0.791. The molecule has 0 spiro atoms. The van der Waals surface area contributed by atoms with Gasteiger partial charge in [-0.1, -0.05) is 12.1 Å². The van der Waals surface area contributed by atoms with Gasteiger partial charge in [-0.05, 0) is 17.7 Å². The van der Waals surface area contributed by atoms with Crippen LogP contribution >= 0.6 is 0 Å². The van der Waals surface area contributed by atoms with Gasteiger partial charge in [-0.3, -0.25) is 4.90 Å². The highest BCUT2D eigenvalue weighted by Crippen LogP contribution is 2.28. The van der Waals surface area contributed by atoms with Gasteiger partial charge in [0.1, 0.15) is 5.75 Å². The second-order valence-corrected chi connectivity index (χ2v) is 4.48. The Balaban J connectivity index is 1.63. The molecule has 1 aromatic carbocycles. The van der Waals surface area contributed by atoms with E-state index < -0.39 is 0 Å². The molecule has 0 aliphatic carbocycles. The van der Waals surface area contributed by atoms with Crippen LogP contribution in [0.2, 0.25) is 0 Å². The highest BCUT2D eigenvalue weighted by molar-refractivity contribution is 5.25. The Morgan fingerprint density at radius 1 is 1.20 bits per heavy atom. The largest absolute Gasteiger partial charge is 0.508 e. The van der Waals surface area contributed by atoms with E-state index in [-0.39, 0.29) is 0 Å². The molecule has 3 aliphatic heterocycles. The molecule has 0 saturated carbocycles. The maximum Gasteiger partial charge on any atom is 0.115 e. The number of ether oxygens (including phenoxy) is 1. The number of nitrogens with zero attached hydrogens (tertiary/aromatic N) is 1. The number of phenolic OH excluding ortho intramolecular Hbond substituents is 1. The first-order valence-electron chi connectivity index (χ1n) is 5.45. The Morgan fingerprint density at radius 2 is 1.80 bits per heavy atom. The van der Waals surface area contributed by atoms with Gasteiger partial charge in [0, 0.05) is 26.1 Å². The third-order valence-corrected chi connectivity index (χ3v) is 3.18. The summed E-state index contributed by atoms with van der Waals surface area (Å²) in [6, 6.07) is 7.46. The molecular formula is C12H15NO2. The summed E-state index contributed by atoms with van der Waals surface area (Å²) < 4.78 is 5.58. The SMILES string of the molecule is Oc1ccc(CN2CC3CC(C2)O3)cc1. The van der Waals surface area contributed by atoms with Crippen molar-refractivity contribution in [1.82, 2.24) is 4.90 Å². The Kier molecular flexibility index (Phi) is 2.15. The van der Waals surface area contributed by atoms with Gasteiger partial charge in [0.05, 0.1) is 12.2 Å². The number of piperidine rings is 1. The van der Waals surface area contributed by atoms with Crippen LogP contribution in [-0.4, -0.2) is 35.3 Å². The van der Waals surface area contributed by atoms with Crippen molar-refractivity contribution in [3.63, 3.8) is 0 Å². The minimum absolute atomic E-state index is 0.337. The molecule has 4 rings (SSSR count). The van der Waals surface area contributed by atoms with Crippen LogP contribution in [0.25, 0.3) is 0 Å². The first kappa shape index (κ1) is 9.19. The third-order valence-electron chi connectivity index (χ3n) is 3.18. The fourth-order valence-corrected chi connectivity index (χ4v) is 2.43. The van der Waals surface area contributed by atoms with E-state index in [9.17, 15) is 5.11 Å². The van der Waals surface area contributed by atoms with Crippen LogP contribution in [0.3, 0.4) is 0 Å². The summed E-state index contributed by atoms with van der Waals surface area (Å²) in [5, 5.41) is 9.18. The molecule has 3 fully saturated rings. The summed E-state index contributed by atoms with van der Waals surface area (Å²) in [5.41, 5.74) is 1.26. The average molecular weight is 205 g/mol. The first-order chi connectivity index (χ1) is 7.29. The number of aromatic hydroxyl groups is 1. The van der Waals surface area contributed by atoms with E-state index >= 15 is 0 Å². The van der Waals surface area contributed by atoms with Crippen molar-refractivity contribution in [3.8, 4) is 5.75 Å². The van der Waals surface area contributed by atoms with E-state index in [4.69, 9.17) is 4.74 Å². The zero-order valence-electron chi connectivity index (χ0n) is 8.60. The molecule has 3 heteroatoms. The molecule has 80 valence electrons. The first-order valence-corrected chi connectivity index (χ1v) is 5.45. The van der Waals surface area contributed by atoms with Crippen molar-refractivity contribution in [2.75, 3.05) is 13.1 Å². The van der Waals surface area contributed by atoms with Gasteiger partial charge in [-0.15, -0.1) is 0 Å². The molecule has 3 nitrogen and oxygen atoms in total. The molecule has 3 saturated heterocycles. The van der Waals surface area contributed by atoms with E-state index in [1.807, 2.05) is 12.1 Å². The van der Waals surface area contributed by atoms with E-state index in [2.05, 4.69) is 4.90 Å². The standard InChI is InChI=1S/C12H15NO2/c14-10-3-1-9(2-4-10)6-13-7-11-5-12(8-13)15-11/h1-4,11-12,14H,5-8H2. The highest BCUT2D eigenvalue weighted by atomic mass is 16.5. The van der Waals surface area contributed by atoms with Gasteiger partial charge >= 0.3 is 0 Å². The van der Waals surface area contributed by atoms with Crippen LogP contribution in [0.15, 0.2) is 24.3 Å². The monoisotopic (exact) mass is 205 g/mol. The molecule has 0 amide bonds. The lowest BCUT2D eigenvalue weighted by molar-refractivity contribution is -0.182. The fourth-order valence-electron chi connectivity index (χ4n) is 2.43. The van der Waals surface area contributed by atoms with Gasteiger partial charge < -0.3 is 9.84 Å². The predicted octanol–water partition coefficient (Wildman–Crippen LogP) is 1.37. The van der Waals surface area contributed by atoms with Crippen LogP contribution in [0.5, 0.6) is 5.75 Å². The van der Waals surface area contributed by atoms with Crippen molar-refractivity contribution < 1.29 is 9.84 Å².